The second-order valence-corrected chi connectivity index (χ2v) is 6.48. The van der Waals surface area contributed by atoms with Gasteiger partial charge < -0.3 is 15.5 Å². The fourth-order valence-electron chi connectivity index (χ4n) is 3.51. The molecule has 7 heteroatoms. The summed E-state index contributed by atoms with van der Waals surface area (Å²) < 4.78 is 0. The number of carbonyl (C=O) groups excluding carboxylic acids is 3. The fourth-order valence-corrected chi connectivity index (χ4v) is 3.51. The highest BCUT2D eigenvalue weighted by Crippen LogP contribution is 2.28. The van der Waals surface area contributed by atoms with E-state index < -0.39 is 6.04 Å². The Labute approximate surface area is 150 Å². The summed E-state index contributed by atoms with van der Waals surface area (Å²) in [6.45, 7) is 0.423. The number of nitrogens with one attached hydrogen (secondary N) is 2. The Morgan fingerprint density at radius 3 is 2.73 bits per heavy atom. The maximum atomic E-state index is 12.8. The molecule has 26 heavy (non-hydrogen) atoms. The average Bonchev–Trinajstić information content (AvgIpc) is 2.78. The lowest BCUT2D eigenvalue weighted by Crippen LogP contribution is -2.55. The van der Waals surface area contributed by atoms with Gasteiger partial charge in [-0.25, -0.2) is 0 Å². The van der Waals surface area contributed by atoms with Crippen molar-refractivity contribution < 1.29 is 14.4 Å². The number of nitrogens with zero attached hydrogens (tertiary/aromatic N) is 2. The predicted octanol–water partition coefficient (Wildman–Crippen LogP) is 1.44. The zero-order chi connectivity index (χ0) is 18.1. The van der Waals surface area contributed by atoms with Gasteiger partial charge in [-0.2, -0.15) is 0 Å². The van der Waals surface area contributed by atoms with Gasteiger partial charge in [-0.05, 0) is 37.1 Å². The molecule has 0 aliphatic carbocycles. The number of piperidine rings is 1. The Morgan fingerprint density at radius 1 is 1.15 bits per heavy atom. The van der Waals surface area contributed by atoms with E-state index in [2.05, 4.69) is 15.6 Å². The SMILES string of the molecule is O=C(NC1CCN2C(=O)c3ccccc3NC(=O)C2C1)c1ccncc1. The summed E-state index contributed by atoms with van der Waals surface area (Å²) in [6, 6.07) is 9.54. The lowest BCUT2D eigenvalue weighted by atomic mass is 9.96. The van der Waals surface area contributed by atoms with E-state index in [0.717, 1.165) is 0 Å². The van der Waals surface area contributed by atoms with Crippen LogP contribution < -0.4 is 10.6 Å². The van der Waals surface area contributed by atoms with Crippen LogP contribution in [0.5, 0.6) is 0 Å². The molecule has 2 atom stereocenters. The van der Waals surface area contributed by atoms with E-state index >= 15 is 0 Å². The Balaban J connectivity index is 1.51. The Hall–Kier alpha value is -3.22. The van der Waals surface area contributed by atoms with Gasteiger partial charge in [0.15, 0.2) is 0 Å². The molecule has 3 amide bonds. The molecular weight excluding hydrogens is 332 g/mol. The molecule has 1 aromatic carbocycles. The fraction of sp³-hybridized carbons (Fsp3) is 0.263. The van der Waals surface area contributed by atoms with E-state index in [1.54, 1.807) is 53.7 Å². The summed E-state index contributed by atoms with van der Waals surface area (Å²) in [5.74, 6) is -0.566. The number of para-hydroxylation sites is 1. The molecule has 7 nitrogen and oxygen atoms in total. The number of fused-ring (bicyclic) bond motifs is 2. The smallest absolute Gasteiger partial charge is 0.256 e. The normalized spacial score (nSPS) is 21.9. The van der Waals surface area contributed by atoms with Crippen molar-refractivity contribution in [3.8, 4) is 0 Å². The van der Waals surface area contributed by atoms with Crippen LogP contribution in [0.15, 0.2) is 48.8 Å². The highest BCUT2D eigenvalue weighted by molar-refractivity contribution is 6.10. The van der Waals surface area contributed by atoms with Gasteiger partial charge in [-0.15, -0.1) is 0 Å². The molecule has 0 spiro atoms. The van der Waals surface area contributed by atoms with Crippen LogP contribution in [-0.2, 0) is 4.79 Å². The van der Waals surface area contributed by atoms with Crippen LogP contribution in [0, 0.1) is 0 Å². The minimum absolute atomic E-state index is 0.150. The van der Waals surface area contributed by atoms with Crippen molar-refractivity contribution in [3.05, 3.63) is 59.9 Å². The van der Waals surface area contributed by atoms with Crippen molar-refractivity contribution in [1.29, 1.82) is 0 Å². The van der Waals surface area contributed by atoms with Crippen LogP contribution in [0.1, 0.15) is 33.6 Å². The molecule has 132 valence electrons. The van der Waals surface area contributed by atoms with E-state index in [1.165, 1.54) is 0 Å². The largest absolute Gasteiger partial charge is 0.349 e. The van der Waals surface area contributed by atoms with Gasteiger partial charge in [0, 0.05) is 30.5 Å². The van der Waals surface area contributed by atoms with Crippen LogP contribution in [0.4, 0.5) is 5.69 Å². The molecule has 2 unspecified atom stereocenters. The summed E-state index contributed by atoms with van der Waals surface area (Å²) in [4.78, 5) is 43.3. The first-order chi connectivity index (χ1) is 12.6. The van der Waals surface area contributed by atoms with E-state index in [9.17, 15) is 14.4 Å². The molecule has 2 N–H and O–H groups in total. The molecule has 0 radical (unpaired) electrons. The number of carbonyl (C=O) groups is 3. The molecule has 2 aliphatic heterocycles. The van der Waals surface area contributed by atoms with Gasteiger partial charge in [-0.3, -0.25) is 19.4 Å². The molecule has 0 bridgehead atoms. The van der Waals surface area contributed by atoms with Crippen molar-refractivity contribution in [2.24, 2.45) is 0 Å². The molecule has 3 heterocycles. The molecule has 1 fully saturated rings. The predicted molar refractivity (Wildman–Crippen MR) is 94.6 cm³/mol. The van der Waals surface area contributed by atoms with Gasteiger partial charge in [0.25, 0.3) is 11.8 Å². The highest BCUT2D eigenvalue weighted by Gasteiger charge is 2.40. The van der Waals surface area contributed by atoms with Gasteiger partial charge >= 0.3 is 0 Å². The first-order valence-corrected chi connectivity index (χ1v) is 8.55. The maximum absolute atomic E-state index is 12.8. The highest BCUT2D eigenvalue weighted by atomic mass is 16.2. The second-order valence-electron chi connectivity index (χ2n) is 6.48. The summed E-state index contributed by atoms with van der Waals surface area (Å²) in [6.07, 6.45) is 4.12. The minimum atomic E-state index is -0.591. The first-order valence-electron chi connectivity index (χ1n) is 8.55. The van der Waals surface area contributed by atoms with Crippen LogP contribution in [0.25, 0.3) is 0 Å². The number of rotatable bonds is 2. The molecule has 1 aromatic heterocycles. The number of hydrogen-bond donors (Lipinski definition) is 2. The molecule has 0 saturated carbocycles. The van der Waals surface area contributed by atoms with E-state index in [-0.39, 0.29) is 23.8 Å². The number of hydrogen-bond acceptors (Lipinski definition) is 4. The van der Waals surface area contributed by atoms with Gasteiger partial charge in [-0.1, -0.05) is 12.1 Å². The van der Waals surface area contributed by atoms with Crippen molar-refractivity contribution in [3.63, 3.8) is 0 Å². The van der Waals surface area contributed by atoms with E-state index in [4.69, 9.17) is 0 Å². The van der Waals surface area contributed by atoms with E-state index in [0.29, 0.717) is 36.2 Å². The average molecular weight is 350 g/mol. The van der Waals surface area contributed by atoms with Gasteiger partial charge in [0.1, 0.15) is 6.04 Å². The lowest BCUT2D eigenvalue weighted by molar-refractivity contribution is -0.121. The number of pyridine rings is 1. The zero-order valence-electron chi connectivity index (χ0n) is 14.0. The van der Waals surface area contributed by atoms with Gasteiger partial charge in [0.2, 0.25) is 5.91 Å². The number of benzene rings is 1. The quantitative estimate of drug-likeness (QED) is 0.857. The monoisotopic (exact) mass is 350 g/mol. The Morgan fingerprint density at radius 2 is 1.92 bits per heavy atom. The van der Waals surface area contributed by atoms with Crippen molar-refractivity contribution in [1.82, 2.24) is 15.2 Å². The molecular formula is C19H18N4O3. The third-order valence-electron chi connectivity index (χ3n) is 4.86. The maximum Gasteiger partial charge on any atom is 0.256 e. The van der Waals surface area contributed by atoms with Crippen LogP contribution in [-0.4, -0.2) is 46.2 Å². The second kappa shape index (κ2) is 6.59. The molecule has 4 rings (SSSR count). The number of anilines is 1. The summed E-state index contributed by atoms with van der Waals surface area (Å²) in [5, 5.41) is 5.80. The van der Waals surface area contributed by atoms with E-state index in [1.807, 2.05) is 0 Å². The molecule has 1 saturated heterocycles. The standard InChI is InChI=1S/C19H18N4O3/c24-17(12-5-8-20-9-6-12)21-13-7-10-23-16(11-13)18(25)22-15-4-2-1-3-14(15)19(23)26/h1-6,8-9,13,16H,7,10-11H2,(H,21,24)(H,22,25). The summed E-state index contributed by atoms with van der Waals surface area (Å²) in [5.41, 5.74) is 1.56. The topological polar surface area (TPSA) is 91.4 Å². The zero-order valence-corrected chi connectivity index (χ0v) is 14.0. The summed E-state index contributed by atoms with van der Waals surface area (Å²) in [7, 11) is 0. The van der Waals surface area contributed by atoms with Crippen molar-refractivity contribution >= 4 is 23.4 Å². The van der Waals surface area contributed by atoms with Crippen LogP contribution >= 0.6 is 0 Å². The molecule has 2 aromatic rings. The number of amides is 3. The summed E-state index contributed by atoms with van der Waals surface area (Å²) >= 11 is 0. The minimum Gasteiger partial charge on any atom is -0.349 e. The third-order valence-corrected chi connectivity index (χ3v) is 4.86. The van der Waals surface area contributed by atoms with Crippen molar-refractivity contribution in [2.75, 3.05) is 11.9 Å². The number of aromatic nitrogens is 1. The first kappa shape index (κ1) is 16.3. The van der Waals surface area contributed by atoms with Crippen LogP contribution in [0.2, 0.25) is 0 Å². The Kier molecular flexibility index (Phi) is 4.12. The van der Waals surface area contributed by atoms with Crippen molar-refractivity contribution in [2.45, 2.75) is 24.9 Å². The third kappa shape index (κ3) is 2.92. The lowest BCUT2D eigenvalue weighted by Gasteiger charge is -2.37. The Bertz CT molecular complexity index is 868. The van der Waals surface area contributed by atoms with Gasteiger partial charge in [0.05, 0.1) is 11.3 Å². The van der Waals surface area contributed by atoms with Crippen LogP contribution in [0.3, 0.4) is 0 Å². The molecule has 2 aliphatic rings.